The highest BCUT2D eigenvalue weighted by molar-refractivity contribution is 5.95. The number of aromatic carboxylic acids is 1. The van der Waals surface area contributed by atoms with Gasteiger partial charge in [-0.3, -0.25) is 9.59 Å². The van der Waals surface area contributed by atoms with Crippen LogP contribution in [0.4, 0.5) is 0 Å². The number of piperidine rings is 1. The summed E-state index contributed by atoms with van der Waals surface area (Å²) >= 11 is 0. The summed E-state index contributed by atoms with van der Waals surface area (Å²) < 4.78 is 16.5. The smallest absolute Gasteiger partial charge is 0.335 e. The highest BCUT2D eigenvalue weighted by Gasteiger charge is 2.35. The molecule has 1 aliphatic heterocycles. The maximum atomic E-state index is 13.8. The number of carbonyl (C=O) groups excluding carboxylic acids is 2. The highest BCUT2D eigenvalue weighted by Crippen LogP contribution is 2.31. The molecule has 1 heterocycles. The maximum absolute atomic E-state index is 13.8. The first-order chi connectivity index (χ1) is 21.2. The third-order valence-corrected chi connectivity index (χ3v) is 8.39. The molecule has 240 valence electrons. The van der Waals surface area contributed by atoms with Crippen molar-refractivity contribution in [1.29, 1.82) is 0 Å². The molecule has 10 nitrogen and oxygen atoms in total. The molecule has 2 aromatic rings. The second-order valence-electron chi connectivity index (χ2n) is 12.0. The fraction of sp³-hybridized carbons (Fsp3) is 0.559. The van der Waals surface area contributed by atoms with Crippen LogP contribution in [0.3, 0.4) is 0 Å². The monoisotopic (exact) mass is 609 g/mol. The van der Waals surface area contributed by atoms with Gasteiger partial charge in [0.1, 0.15) is 0 Å². The molecule has 0 spiro atoms. The number of hydrogen-bond acceptors (Lipinski definition) is 7. The largest absolute Gasteiger partial charge is 0.493 e. The van der Waals surface area contributed by atoms with Gasteiger partial charge >= 0.3 is 5.97 Å². The van der Waals surface area contributed by atoms with E-state index in [9.17, 15) is 19.5 Å². The molecule has 2 atom stereocenters. The van der Waals surface area contributed by atoms with E-state index in [2.05, 4.69) is 5.32 Å². The molecule has 2 N–H and O–H groups in total. The third kappa shape index (κ3) is 8.95. The molecule has 0 unspecified atom stereocenters. The van der Waals surface area contributed by atoms with Crippen LogP contribution in [-0.2, 0) is 16.0 Å². The molecule has 4 rings (SSSR count). The van der Waals surface area contributed by atoms with Crippen LogP contribution >= 0.6 is 0 Å². The van der Waals surface area contributed by atoms with E-state index in [1.54, 1.807) is 50.6 Å². The Bertz CT molecular complexity index is 1270. The van der Waals surface area contributed by atoms with Gasteiger partial charge in [0, 0.05) is 63.0 Å². The Hall–Kier alpha value is -3.63. The second-order valence-corrected chi connectivity index (χ2v) is 12.0. The van der Waals surface area contributed by atoms with Crippen LogP contribution in [-0.4, -0.2) is 97.4 Å². The number of carboxylic acid groups (broad SMARTS) is 1. The molecule has 2 amide bonds. The Morgan fingerprint density at radius 2 is 1.73 bits per heavy atom. The number of nitrogens with one attached hydrogen (secondary N) is 1. The Labute approximate surface area is 260 Å². The van der Waals surface area contributed by atoms with Crippen molar-refractivity contribution in [1.82, 2.24) is 15.1 Å². The van der Waals surface area contributed by atoms with Gasteiger partial charge in [0.15, 0.2) is 11.5 Å². The number of carboxylic acids is 1. The average Bonchev–Trinajstić information content (AvgIpc) is 3.85. The van der Waals surface area contributed by atoms with Crippen molar-refractivity contribution in [2.45, 2.75) is 83.0 Å². The van der Waals surface area contributed by atoms with E-state index in [4.69, 9.17) is 14.2 Å². The predicted molar refractivity (Wildman–Crippen MR) is 168 cm³/mol. The zero-order valence-electron chi connectivity index (χ0n) is 26.4. The van der Waals surface area contributed by atoms with Gasteiger partial charge < -0.3 is 34.4 Å². The summed E-state index contributed by atoms with van der Waals surface area (Å²) in [6, 6.07) is 12.6. The van der Waals surface area contributed by atoms with Gasteiger partial charge in [0.05, 0.1) is 25.7 Å². The van der Waals surface area contributed by atoms with Gasteiger partial charge in [-0.2, -0.15) is 0 Å². The minimum absolute atomic E-state index is 0.0154. The lowest BCUT2D eigenvalue weighted by atomic mass is 9.95. The van der Waals surface area contributed by atoms with Gasteiger partial charge in [-0.15, -0.1) is 0 Å². The standard InChI is InChI=1S/C34H47N3O7/c1-23(2)37(33(39)25-9-14-30(43-4)31(21-25)44-18-6-17-42-3)29-11-10-27(35-22-29)15-16-36(28-12-13-28)32(38)20-24-7-5-8-26(19-24)34(40)41/h5,7-9,14,19,21,23,27-29,35H,6,10-13,15-18,20,22H2,1-4H3,(H,40,41)/t27-,29-/m1/s1. The number of benzene rings is 2. The quantitative estimate of drug-likeness (QED) is 0.269. The van der Waals surface area contributed by atoms with Crippen molar-refractivity contribution >= 4 is 17.8 Å². The van der Waals surface area contributed by atoms with Crippen molar-refractivity contribution in [3.63, 3.8) is 0 Å². The number of rotatable bonds is 16. The fourth-order valence-corrected chi connectivity index (χ4v) is 5.95. The Balaban J connectivity index is 1.32. The Morgan fingerprint density at radius 3 is 2.36 bits per heavy atom. The summed E-state index contributed by atoms with van der Waals surface area (Å²) in [7, 11) is 3.24. The van der Waals surface area contributed by atoms with Crippen LogP contribution in [0.2, 0.25) is 0 Å². The molecule has 0 aromatic heterocycles. The molecule has 10 heteroatoms. The van der Waals surface area contributed by atoms with E-state index >= 15 is 0 Å². The number of ether oxygens (including phenoxy) is 3. The van der Waals surface area contributed by atoms with Crippen LogP contribution in [0.1, 0.15) is 78.7 Å². The van der Waals surface area contributed by atoms with Crippen LogP contribution in [0, 0.1) is 0 Å². The first-order valence-electron chi connectivity index (χ1n) is 15.7. The van der Waals surface area contributed by atoms with Crippen molar-refractivity contribution in [2.75, 3.05) is 40.5 Å². The van der Waals surface area contributed by atoms with Crippen LogP contribution in [0.25, 0.3) is 0 Å². The Kier molecular flexibility index (Phi) is 12.0. The fourth-order valence-electron chi connectivity index (χ4n) is 5.95. The molecular weight excluding hydrogens is 562 g/mol. The summed E-state index contributed by atoms with van der Waals surface area (Å²) in [5.74, 6) is 0.150. The van der Waals surface area contributed by atoms with E-state index in [1.807, 2.05) is 29.7 Å². The normalized spacial score (nSPS) is 18.1. The lowest BCUT2D eigenvalue weighted by Crippen LogP contribution is -2.54. The first kappa shape index (κ1) is 33.3. The van der Waals surface area contributed by atoms with Gasteiger partial charge in [0.2, 0.25) is 5.91 Å². The third-order valence-electron chi connectivity index (χ3n) is 8.39. The molecule has 2 fully saturated rings. The maximum Gasteiger partial charge on any atom is 0.335 e. The molecule has 2 aromatic carbocycles. The van der Waals surface area contributed by atoms with E-state index in [0.29, 0.717) is 43.4 Å². The first-order valence-corrected chi connectivity index (χ1v) is 15.7. The highest BCUT2D eigenvalue weighted by atomic mass is 16.5. The summed E-state index contributed by atoms with van der Waals surface area (Å²) in [5.41, 5.74) is 1.48. The van der Waals surface area contributed by atoms with Crippen molar-refractivity contribution in [2.24, 2.45) is 0 Å². The van der Waals surface area contributed by atoms with Crippen molar-refractivity contribution < 1.29 is 33.7 Å². The second kappa shape index (κ2) is 15.9. The SMILES string of the molecule is COCCCOc1cc(C(=O)N(C(C)C)[C@@H]2CC[C@H](CCN(C(=O)Cc3cccc(C(=O)O)c3)C3CC3)NC2)ccc1OC. The molecule has 0 bridgehead atoms. The van der Waals surface area contributed by atoms with Crippen molar-refractivity contribution in [3.8, 4) is 11.5 Å². The minimum Gasteiger partial charge on any atom is -0.493 e. The average molecular weight is 610 g/mol. The van der Waals surface area contributed by atoms with Crippen LogP contribution in [0.15, 0.2) is 42.5 Å². The van der Waals surface area contributed by atoms with Gasteiger partial charge in [-0.1, -0.05) is 12.1 Å². The molecule has 0 radical (unpaired) electrons. The van der Waals surface area contributed by atoms with E-state index < -0.39 is 5.97 Å². The Morgan fingerprint density at radius 1 is 0.955 bits per heavy atom. The number of hydrogen-bond donors (Lipinski definition) is 2. The summed E-state index contributed by atoms with van der Waals surface area (Å²) in [4.78, 5) is 42.3. The van der Waals surface area contributed by atoms with E-state index in [-0.39, 0.29) is 48.0 Å². The molecule has 1 aliphatic carbocycles. The zero-order valence-corrected chi connectivity index (χ0v) is 26.4. The summed E-state index contributed by atoms with van der Waals surface area (Å²) in [5, 5.41) is 12.9. The molecule has 44 heavy (non-hydrogen) atoms. The van der Waals surface area contributed by atoms with Crippen LogP contribution in [0.5, 0.6) is 11.5 Å². The summed E-state index contributed by atoms with van der Waals surface area (Å²) in [6.45, 7) is 6.49. The number of amides is 2. The molecule has 1 saturated carbocycles. The minimum atomic E-state index is -0.991. The van der Waals surface area contributed by atoms with Crippen molar-refractivity contribution in [3.05, 3.63) is 59.2 Å². The lowest BCUT2D eigenvalue weighted by molar-refractivity contribution is -0.131. The van der Waals surface area contributed by atoms with E-state index in [0.717, 1.165) is 44.1 Å². The van der Waals surface area contributed by atoms with Gasteiger partial charge in [-0.05, 0) is 81.8 Å². The van der Waals surface area contributed by atoms with Gasteiger partial charge in [-0.25, -0.2) is 4.79 Å². The predicted octanol–water partition coefficient (Wildman–Crippen LogP) is 4.40. The molecule has 1 saturated heterocycles. The topological polar surface area (TPSA) is 118 Å². The van der Waals surface area contributed by atoms with Crippen LogP contribution < -0.4 is 14.8 Å². The molecule has 2 aliphatic rings. The molecular formula is C34H47N3O7. The van der Waals surface area contributed by atoms with Gasteiger partial charge in [0.25, 0.3) is 5.91 Å². The van der Waals surface area contributed by atoms with E-state index in [1.165, 1.54) is 0 Å². The number of methoxy groups -OCH3 is 2. The number of nitrogens with zero attached hydrogens (tertiary/aromatic N) is 2. The summed E-state index contributed by atoms with van der Waals surface area (Å²) in [6.07, 6.45) is 5.58. The zero-order chi connectivity index (χ0) is 31.6. The number of carbonyl (C=O) groups is 3. The lowest BCUT2D eigenvalue weighted by Gasteiger charge is -2.40.